The zero-order valence-electron chi connectivity index (χ0n) is 13.4. The molecule has 0 atom stereocenters. The molecule has 0 fully saturated rings. The first-order valence-corrected chi connectivity index (χ1v) is 8.93. The molecule has 0 unspecified atom stereocenters. The Bertz CT molecular complexity index is 926. The lowest BCUT2D eigenvalue weighted by atomic mass is 10.1. The number of para-hydroxylation sites is 1. The van der Waals surface area contributed by atoms with Gasteiger partial charge in [0.2, 0.25) is 0 Å². The van der Waals surface area contributed by atoms with Crippen molar-refractivity contribution in [2.75, 3.05) is 0 Å². The minimum atomic E-state index is -0.146. The third kappa shape index (κ3) is 3.35. The number of aromatic nitrogens is 1. The smallest absolute Gasteiger partial charge is 0.250 e. The standard InChI is InChI=1S/C19H17ClN2OS/c1-13(2)18(23)21-19-22(16-11-7-6-10-15(16)20)17(12-24-19)14-8-4-3-5-9-14/h3-13H,1-2H3. The quantitative estimate of drug-likeness (QED) is 0.654. The number of carbonyl (C=O) groups is 1. The summed E-state index contributed by atoms with van der Waals surface area (Å²) in [6.07, 6.45) is 0. The lowest BCUT2D eigenvalue weighted by Gasteiger charge is -2.11. The molecule has 24 heavy (non-hydrogen) atoms. The number of thiazole rings is 1. The van der Waals surface area contributed by atoms with Gasteiger partial charge in [0.1, 0.15) is 0 Å². The molecular weight excluding hydrogens is 340 g/mol. The predicted octanol–water partition coefficient (Wildman–Crippen LogP) is 4.94. The van der Waals surface area contributed by atoms with Crippen molar-refractivity contribution in [3.8, 4) is 16.9 Å². The Labute approximate surface area is 149 Å². The largest absolute Gasteiger partial charge is 0.283 e. The molecule has 0 aliphatic rings. The summed E-state index contributed by atoms with van der Waals surface area (Å²) < 4.78 is 1.95. The van der Waals surface area contributed by atoms with E-state index in [0.29, 0.717) is 9.82 Å². The Morgan fingerprint density at radius 3 is 2.42 bits per heavy atom. The normalized spacial score (nSPS) is 11.9. The maximum atomic E-state index is 12.1. The van der Waals surface area contributed by atoms with E-state index in [2.05, 4.69) is 4.99 Å². The Hall–Kier alpha value is -2.17. The second kappa shape index (κ2) is 7.16. The van der Waals surface area contributed by atoms with E-state index in [1.54, 1.807) is 0 Å². The number of rotatable bonds is 3. The molecule has 3 rings (SSSR count). The van der Waals surface area contributed by atoms with Gasteiger partial charge < -0.3 is 0 Å². The number of hydrogen-bond acceptors (Lipinski definition) is 2. The zero-order chi connectivity index (χ0) is 17.1. The number of benzene rings is 2. The molecule has 1 amide bonds. The summed E-state index contributed by atoms with van der Waals surface area (Å²) in [6.45, 7) is 3.69. The fourth-order valence-corrected chi connectivity index (χ4v) is 3.41. The topological polar surface area (TPSA) is 34.4 Å². The highest BCUT2D eigenvalue weighted by molar-refractivity contribution is 7.07. The summed E-state index contributed by atoms with van der Waals surface area (Å²) in [5.74, 6) is -0.288. The van der Waals surface area contributed by atoms with Gasteiger partial charge in [-0.3, -0.25) is 9.36 Å². The Morgan fingerprint density at radius 1 is 1.08 bits per heavy atom. The van der Waals surface area contributed by atoms with Gasteiger partial charge in [0.25, 0.3) is 5.91 Å². The van der Waals surface area contributed by atoms with E-state index in [-0.39, 0.29) is 11.8 Å². The second-order valence-corrected chi connectivity index (χ2v) is 6.90. The van der Waals surface area contributed by atoms with E-state index in [0.717, 1.165) is 16.9 Å². The molecule has 0 aliphatic carbocycles. The van der Waals surface area contributed by atoms with Crippen LogP contribution in [0.4, 0.5) is 0 Å². The predicted molar refractivity (Wildman–Crippen MR) is 99.5 cm³/mol. The van der Waals surface area contributed by atoms with Gasteiger partial charge in [0.15, 0.2) is 4.80 Å². The van der Waals surface area contributed by atoms with Crippen LogP contribution in [0.5, 0.6) is 0 Å². The second-order valence-electron chi connectivity index (χ2n) is 5.66. The fourth-order valence-electron chi connectivity index (χ4n) is 2.29. The lowest BCUT2D eigenvalue weighted by Crippen LogP contribution is -2.18. The van der Waals surface area contributed by atoms with Crippen LogP contribution in [0, 0.1) is 5.92 Å². The lowest BCUT2D eigenvalue weighted by molar-refractivity contribution is -0.120. The van der Waals surface area contributed by atoms with Crippen LogP contribution in [0.1, 0.15) is 13.8 Å². The van der Waals surface area contributed by atoms with Gasteiger partial charge in [-0.1, -0.05) is 67.9 Å². The molecule has 0 radical (unpaired) electrons. The van der Waals surface area contributed by atoms with Crippen molar-refractivity contribution in [2.24, 2.45) is 10.9 Å². The zero-order valence-corrected chi connectivity index (χ0v) is 15.0. The van der Waals surface area contributed by atoms with E-state index in [9.17, 15) is 4.79 Å². The van der Waals surface area contributed by atoms with Crippen LogP contribution in [0.25, 0.3) is 16.9 Å². The average Bonchev–Trinajstić information content (AvgIpc) is 2.99. The molecule has 122 valence electrons. The Kier molecular flexibility index (Phi) is 4.97. The van der Waals surface area contributed by atoms with E-state index in [1.807, 2.05) is 78.4 Å². The van der Waals surface area contributed by atoms with Crippen LogP contribution < -0.4 is 4.80 Å². The molecule has 0 spiro atoms. The highest BCUT2D eigenvalue weighted by Crippen LogP contribution is 2.27. The van der Waals surface area contributed by atoms with Gasteiger partial charge in [-0.05, 0) is 17.7 Å². The Balaban J connectivity index is 2.28. The maximum Gasteiger partial charge on any atom is 0.250 e. The van der Waals surface area contributed by atoms with Crippen LogP contribution in [0.15, 0.2) is 65.0 Å². The Morgan fingerprint density at radius 2 is 1.75 bits per heavy atom. The summed E-state index contributed by atoms with van der Waals surface area (Å²) in [5.41, 5.74) is 2.82. The van der Waals surface area contributed by atoms with Gasteiger partial charge in [0, 0.05) is 11.3 Å². The molecule has 0 bridgehead atoms. The molecular formula is C19H17ClN2OS. The minimum Gasteiger partial charge on any atom is -0.283 e. The molecule has 1 aromatic heterocycles. The molecule has 0 aliphatic heterocycles. The highest BCUT2D eigenvalue weighted by Gasteiger charge is 2.14. The summed E-state index contributed by atoms with van der Waals surface area (Å²) in [6, 6.07) is 17.6. The van der Waals surface area contributed by atoms with Crippen molar-refractivity contribution < 1.29 is 4.79 Å². The van der Waals surface area contributed by atoms with Gasteiger partial charge in [-0.2, -0.15) is 4.99 Å². The first kappa shape index (κ1) is 16.7. The number of amides is 1. The molecule has 5 heteroatoms. The molecule has 3 nitrogen and oxygen atoms in total. The van der Waals surface area contributed by atoms with Gasteiger partial charge in [0.05, 0.1) is 16.4 Å². The van der Waals surface area contributed by atoms with Crippen molar-refractivity contribution in [1.29, 1.82) is 0 Å². The highest BCUT2D eigenvalue weighted by atomic mass is 35.5. The molecule has 1 heterocycles. The van der Waals surface area contributed by atoms with E-state index >= 15 is 0 Å². The van der Waals surface area contributed by atoms with E-state index < -0.39 is 0 Å². The SMILES string of the molecule is CC(C)C(=O)N=c1scc(-c2ccccc2)n1-c1ccccc1Cl. The first-order valence-electron chi connectivity index (χ1n) is 7.67. The summed E-state index contributed by atoms with van der Waals surface area (Å²) in [7, 11) is 0. The summed E-state index contributed by atoms with van der Waals surface area (Å²) >= 11 is 7.84. The molecule has 0 saturated heterocycles. The van der Waals surface area contributed by atoms with Crippen molar-refractivity contribution >= 4 is 28.8 Å². The number of nitrogens with zero attached hydrogens (tertiary/aromatic N) is 2. The van der Waals surface area contributed by atoms with Crippen LogP contribution in [-0.2, 0) is 4.79 Å². The van der Waals surface area contributed by atoms with Gasteiger partial charge >= 0.3 is 0 Å². The van der Waals surface area contributed by atoms with Crippen LogP contribution in [-0.4, -0.2) is 10.5 Å². The van der Waals surface area contributed by atoms with E-state index in [4.69, 9.17) is 11.6 Å². The first-order chi connectivity index (χ1) is 11.6. The molecule has 2 aromatic carbocycles. The van der Waals surface area contributed by atoms with Crippen molar-refractivity contribution in [1.82, 2.24) is 4.57 Å². The maximum absolute atomic E-state index is 12.1. The molecule has 0 N–H and O–H groups in total. The third-order valence-electron chi connectivity index (χ3n) is 3.57. The molecule has 0 saturated carbocycles. The minimum absolute atomic E-state index is 0.141. The number of halogens is 1. The third-order valence-corrected chi connectivity index (χ3v) is 4.72. The number of hydrogen-bond donors (Lipinski definition) is 0. The summed E-state index contributed by atoms with van der Waals surface area (Å²) in [5, 5.41) is 2.62. The van der Waals surface area contributed by atoms with E-state index in [1.165, 1.54) is 11.3 Å². The van der Waals surface area contributed by atoms with Crippen molar-refractivity contribution in [3.05, 3.63) is 69.8 Å². The van der Waals surface area contributed by atoms with Crippen LogP contribution in [0.3, 0.4) is 0 Å². The fraction of sp³-hybridized carbons (Fsp3) is 0.158. The van der Waals surface area contributed by atoms with Crippen molar-refractivity contribution in [2.45, 2.75) is 13.8 Å². The van der Waals surface area contributed by atoms with Crippen LogP contribution in [0.2, 0.25) is 5.02 Å². The van der Waals surface area contributed by atoms with Gasteiger partial charge in [-0.25, -0.2) is 0 Å². The number of carbonyl (C=O) groups excluding carboxylic acids is 1. The summed E-state index contributed by atoms with van der Waals surface area (Å²) in [4.78, 5) is 17.1. The van der Waals surface area contributed by atoms with Crippen molar-refractivity contribution in [3.63, 3.8) is 0 Å². The molecule has 3 aromatic rings. The van der Waals surface area contributed by atoms with Crippen LogP contribution >= 0.6 is 22.9 Å². The average molecular weight is 357 g/mol. The van der Waals surface area contributed by atoms with Gasteiger partial charge in [-0.15, -0.1) is 11.3 Å². The monoisotopic (exact) mass is 356 g/mol.